The van der Waals surface area contributed by atoms with Crippen LogP contribution < -0.4 is 4.72 Å². The first kappa shape index (κ1) is 15.1. The number of nitrogens with one attached hydrogen (secondary N) is 1. The highest BCUT2D eigenvalue weighted by atomic mass is 32.2. The molecule has 0 aliphatic rings. The van der Waals surface area contributed by atoms with Gasteiger partial charge >= 0.3 is 0 Å². The molecule has 1 aromatic carbocycles. The maximum Gasteiger partial charge on any atom is 0.268 e. The zero-order valence-electron chi connectivity index (χ0n) is 11.1. The number of carbonyl (C=O) groups excluding carboxylic acids is 1. The summed E-state index contributed by atoms with van der Waals surface area (Å²) in [6, 6.07) is 1.28. The van der Waals surface area contributed by atoms with Gasteiger partial charge in [0, 0.05) is 19.3 Å². The smallest absolute Gasteiger partial charge is 0.268 e. The van der Waals surface area contributed by atoms with Crippen LogP contribution in [-0.2, 0) is 17.1 Å². The van der Waals surface area contributed by atoms with Crippen molar-refractivity contribution in [2.45, 2.75) is 11.8 Å². The van der Waals surface area contributed by atoms with Crippen LogP contribution in [0.3, 0.4) is 0 Å². The molecule has 112 valence electrons. The molecule has 0 fully saturated rings. The fourth-order valence-corrected chi connectivity index (χ4v) is 2.73. The van der Waals surface area contributed by atoms with E-state index in [1.807, 2.05) is 0 Å². The maximum atomic E-state index is 13.6. The molecule has 0 aliphatic heterocycles. The summed E-state index contributed by atoms with van der Waals surface area (Å²) in [6.45, 7) is 1.29. The normalized spacial score (nSPS) is 11.4. The summed E-state index contributed by atoms with van der Waals surface area (Å²) < 4.78 is 53.7. The average molecular weight is 315 g/mol. The summed E-state index contributed by atoms with van der Waals surface area (Å²) in [7, 11) is -2.90. The van der Waals surface area contributed by atoms with E-state index in [4.69, 9.17) is 0 Å². The lowest BCUT2D eigenvalue weighted by Gasteiger charge is -2.08. The standard InChI is InChI=1S/C12H11F2N3O3S/c1-7-3-11(10(14)4-9(7)13)21(19,20)16-12(18)8-5-15-17(2)6-8/h3-6H,1-2H3,(H,16,18). The minimum Gasteiger partial charge on any atom is -0.275 e. The number of carbonyl (C=O) groups is 1. The van der Waals surface area contributed by atoms with E-state index >= 15 is 0 Å². The van der Waals surface area contributed by atoms with Gasteiger partial charge in [-0.25, -0.2) is 21.9 Å². The molecule has 21 heavy (non-hydrogen) atoms. The Kier molecular flexibility index (Phi) is 3.77. The number of aryl methyl sites for hydroxylation is 2. The van der Waals surface area contributed by atoms with Gasteiger partial charge in [-0.2, -0.15) is 5.10 Å². The van der Waals surface area contributed by atoms with Crippen LogP contribution in [0.25, 0.3) is 0 Å². The zero-order valence-corrected chi connectivity index (χ0v) is 11.9. The molecule has 0 saturated carbocycles. The molecule has 0 saturated heterocycles. The van der Waals surface area contributed by atoms with Gasteiger partial charge in [0.25, 0.3) is 15.9 Å². The minimum atomic E-state index is -4.45. The third-order valence-corrected chi connectivity index (χ3v) is 4.04. The van der Waals surface area contributed by atoms with Crippen molar-refractivity contribution in [3.05, 3.63) is 47.3 Å². The van der Waals surface area contributed by atoms with Crippen LogP contribution in [0.4, 0.5) is 8.78 Å². The van der Waals surface area contributed by atoms with E-state index in [9.17, 15) is 22.0 Å². The molecule has 0 radical (unpaired) electrons. The van der Waals surface area contributed by atoms with Crippen LogP contribution in [0.2, 0.25) is 0 Å². The van der Waals surface area contributed by atoms with E-state index < -0.39 is 32.5 Å². The van der Waals surface area contributed by atoms with Crippen LogP contribution >= 0.6 is 0 Å². The third-order valence-electron chi connectivity index (χ3n) is 2.70. The molecule has 0 spiro atoms. The van der Waals surface area contributed by atoms with E-state index in [1.165, 1.54) is 17.8 Å². The quantitative estimate of drug-likeness (QED) is 0.920. The first-order chi connectivity index (χ1) is 9.70. The van der Waals surface area contributed by atoms with Gasteiger partial charge in [0.15, 0.2) is 0 Å². The van der Waals surface area contributed by atoms with Gasteiger partial charge in [0.05, 0.1) is 11.8 Å². The number of amides is 1. The summed E-state index contributed by atoms with van der Waals surface area (Å²) in [5.74, 6) is -3.10. The molecule has 9 heteroatoms. The largest absolute Gasteiger partial charge is 0.275 e. The third kappa shape index (κ3) is 3.07. The Morgan fingerprint density at radius 2 is 1.95 bits per heavy atom. The van der Waals surface area contributed by atoms with Crippen molar-refractivity contribution >= 4 is 15.9 Å². The molecular formula is C12H11F2N3O3S. The number of halogens is 2. The van der Waals surface area contributed by atoms with Crippen molar-refractivity contribution in [2.24, 2.45) is 7.05 Å². The summed E-state index contributed by atoms with van der Waals surface area (Å²) >= 11 is 0. The molecule has 6 nitrogen and oxygen atoms in total. The summed E-state index contributed by atoms with van der Waals surface area (Å²) in [6.07, 6.45) is 2.47. The van der Waals surface area contributed by atoms with Crippen molar-refractivity contribution in [1.29, 1.82) is 0 Å². The fourth-order valence-electron chi connectivity index (χ4n) is 1.61. The molecule has 1 aromatic heterocycles. The predicted octanol–water partition coefficient (Wildman–Crippen LogP) is 1.13. The summed E-state index contributed by atoms with van der Waals surface area (Å²) in [4.78, 5) is 11.0. The predicted molar refractivity (Wildman–Crippen MR) is 69.0 cm³/mol. The topological polar surface area (TPSA) is 81.1 Å². The zero-order chi connectivity index (χ0) is 15.8. The number of hydrogen-bond acceptors (Lipinski definition) is 4. The first-order valence-electron chi connectivity index (χ1n) is 5.72. The maximum absolute atomic E-state index is 13.6. The minimum absolute atomic E-state index is 0.000293. The van der Waals surface area contributed by atoms with Gasteiger partial charge in [0.1, 0.15) is 16.5 Å². The Balaban J connectivity index is 2.35. The lowest BCUT2D eigenvalue weighted by atomic mass is 10.2. The molecule has 0 atom stereocenters. The molecular weight excluding hydrogens is 304 g/mol. The molecule has 1 heterocycles. The Labute approximate surface area is 119 Å². The molecule has 1 amide bonds. The summed E-state index contributed by atoms with van der Waals surface area (Å²) in [5.41, 5.74) is -0.0501. The van der Waals surface area contributed by atoms with E-state index in [-0.39, 0.29) is 11.1 Å². The van der Waals surface area contributed by atoms with E-state index in [1.54, 1.807) is 11.8 Å². The number of hydrogen-bond donors (Lipinski definition) is 1. The molecule has 2 aromatic rings. The van der Waals surface area contributed by atoms with Gasteiger partial charge in [-0.3, -0.25) is 9.48 Å². The monoisotopic (exact) mass is 315 g/mol. The Bertz CT molecular complexity index is 815. The van der Waals surface area contributed by atoms with Crippen molar-refractivity contribution in [2.75, 3.05) is 0 Å². The van der Waals surface area contributed by atoms with Crippen LogP contribution in [-0.4, -0.2) is 24.1 Å². The van der Waals surface area contributed by atoms with Crippen LogP contribution in [0.5, 0.6) is 0 Å². The molecule has 2 rings (SSSR count). The van der Waals surface area contributed by atoms with Gasteiger partial charge in [-0.1, -0.05) is 0 Å². The highest BCUT2D eigenvalue weighted by Crippen LogP contribution is 2.19. The second kappa shape index (κ2) is 5.24. The van der Waals surface area contributed by atoms with Gasteiger partial charge in [-0.15, -0.1) is 0 Å². The molecule has 0 bridgehead atoms. The van der Waals surface area contributed by atoms with Crippen LogP contribution in [0.1, 0.15) is 15.9 Å². The molecule has 1 N–H and O–H groups in total. The molecule has 0 unspecified atom stereocenters. The van der Waals surface area contributed by atoms with Crippen LogP contribution in [0, 0.1) is 18.6 Å². The Morgan fingerprint density at radius 1 is 1.29 bits per heavy atom. The van der Waals surface area contributed by atoms with E-state index in [2.05, 4.69) is 5.10 Å². The SMILES string of the molecule is Cc1cc(S(=O)(=O)NC(=O)c2cnn(C)c2)c(F)cc1F. The highest BCUT2D eigenvalue weighted by molar-refractivity contribution is 7.90. The van der Waals surface area contributed by atoms with E-state index in [0.29, 0.717) is 6.07 Å². The highest BCUT2D eigenvalue weighted by Gasteiger charge is 2.24. The van der Waals surface area contributed by atoms with Crippen molar-refractivity contribution < 1.29 is 22.0 Å². The Morgan fingerprint density at radius 3 is 2.52 bits per heavy atom. The fraction of sp³-hybridized carbons (Fsp3) is 0.167. The summed E-state index contributed by atoms with van der Waals surface area (Å²) in [5, 5.41) is 3.72. The lowest BCUT2D eigenvalue weighted by molar-refractivity contribution is 0.0981. The van der Waals surface area contributed by atoms with Gasteiger partial charge in [-0.05, 0) is 18.6 Å². The van der Waals surface area contributed by atoms with Crippen molar-refractivity contribution in [1.82, 2.24) is 14.5 Å². The van der Waals surface area contributed by atoms with Crippen LogP contribution in [0.15, 0.2) is 29.4 Å². The van der Waals surface area contributed by atoms with Gasteiger partial charge in [0.2, 0.25) is 0 Å². The number of rotatable bonds is 3. The number of benzene rings is 1. The first-order valence-corrected chi connectivity index (χ1v) is 7.20. The molecule has 0 aliphatic carbocycles. The Hall–Kier alpha value is -2.29. The number of aromatic nitrogens is 2. The van der Waals surface area contributed by atoms with Gasteiger partial charge < -0.3 is 0 Å². The second-order valence-corrected chi connectivity index (χ2v) is 6.02. The average Bonchev–Trinajstić information content (AvgIpc) is 2.80. The number of sulfonamides is 1. The lowest BCUT2D eigenvalue weighted by Crippen LogP contribution is -2.31. The van der Waals surface area contributed by atoms with E-state index in [0.717, 1.165) is 12.3 Å². The number of nitrogens with zero attached hydrogens (tertiary/aromatic N) is 2. The second-order valence-electron chi connectivity index (χ2n) is 4.37. The van der Waals surface area contributed by atoms with Crippen molar-refractivity contribution in [3.8, 4) is 0 Å². The van der Waals surface area contributed by atoms with Crippen molar-refractivity contribution in [3.63, 3.8) is 0 Å².